The monoisotopic (exact) mass is 537 g/mol. The van der Waals surface area contributed by atoms with E-state index in [1.165, 1.54) is 38.9 Å². The number of anilines is 1. The van der Waals surface area contributed by atoms with Crippen molar-refractivity contribution in [3.63, 3.8) is 0 Å². The van der Waals surface area contributed by atoms with Gasteiger partial charge in [0, 0.05) is 35.7 Å². The normalized spacial score (nSPS) is 19.3. The third-order valence-electron chi connectivity index (χ3n) is 8.00. The SMILES string of the molecule is Cc1ccc(-n2c(C)c3c(c2C)[P@](=Nc2cccc(C)c2C)(N2CCOCC2)N(c2ccccc2)N=C3)cc1. The van der Waals surface area contributed by atoms with Gasteiger partial charge in [-0.15, -0.1) is 0 Å². The van der Waals surface area contributed by atoms with Gasteiger partial charge in [0.2, 0.25) is 0 Å². The van der Waals surface area contributed by atoms with Gasteiger partial charge in [-0.25, -0.2) is 14.2 Å². The molecule has 3 aromatic carbocycles. The Morgan fingerprint density at radius 2 is 1.49 bits per heavy atom. The first-order chi connectivity index (χ1) is 18.9. The fraction of sp³-hybridized carbons (Fsp3) is 0.281. The number of morpholine rings is 1. The smallest absolute Gasteiger partial charge is 0.179 e. The zero-order chi connectivity index (χ0) is 27.1. The molecule has 0 saturated carbocycles. The van der Waals surface area contributed by atoms with E-state index in [9.17, 15) is 0 Å². The average molecular weight is 538 g/mol. The fourth-order valence-electron chi connectivity index (χ4n) is 5.77. The highest BCUT2D eigenvalue weighted by Crippen LogP contribution is 2.62. The summed E-state index contributed by atoms with van der Waals surface area (Å²) in [5, 5.41) is 6.49. The molecule has 2 aliphatic heterocycles. The summed E-state index contributed by atoms with van der Waals surface area (Å²) in [5.41, 5.74) is 10.5. The standard InChI is InChI=1S/C32H36N5OP/c1-23-14-16-28(17-15-23)36-26(4)30-22-33-37(29-11-7-6-8-12-29)39(32(30)27(36)5,35-18-20-38-21-19-35)34-31-13-9-10-24(2)25(31)3/h6-17,22H,18-21H2,1-5H3/t39-/m0/s1. The number of hydrogen-bond acceptors (Lipinski definition) is 3. The molecule has 1 atom stereocenters. The van der Waals surface area contributed by atoms with Crippen LogP contribution >= 0.6 is 7.36 Å². The van der Waals surface area contributed by atoms with E-state index in [1.54, 1.807) is 0 Å². The maximum absolute atomic E-state index is 5.87. The topological polar surface area (TPSA) is 45.4 Å². The Morgan fingerprint density at radius 1 is 0.769 bits per heavy atom. The number of para-hydroxylation sites is 1. The zero-order valence-electron chi connectivity index (χ0n) is 23.4. The quantitative estimate of drug-likeness (QED) is 0.259. The summed E-state index contributed by atoms with van der Waals surface area (Å²) in [6, 6.07) is 25.8. The van der Waals surface area contributed by atoms with Crippen molar-refractivity contribution in [3.8, 4) is 5.69 Å². The predicted octanol–water partition coefficient (Wildman–Crippen LogP) is 7.19. The van der Waals surface area contributed by atoms with Crippen LogP contribution in [-0.4, -0.2) is 41.8 Å². The van der Waals surface area contributed by atoms with Crippen LogP contribution in [0.3, 0.4) is 0 Å². The number of aryl methyl sites for hydroxylation is 2. The molecule has 6 nitrogen and oxygen atoms in total. The number of benzene rings is 3. The van der Waals surface area contributed by atoms with Crippen molar-refractivity contribution in [2.75, 3.05) is 31.1 Å². The minimum absolute atomic E-state index is 0.683. The third kappa shape index (κ3) is 4.28. The summed E-state index contributed by atoms with van der Waals surface area (Å²) in [5.74, 6) is 0. The van der Waals surface area contributed by atoms with Crippen molar-refractivity contribution in [2.45, 2.75) is 34.6 Å². The van der Waals surface area contributed by atoms with Gasteiger partial charge in [0.15, 0.2) is 7.36 Å². The van der Waals surface area contributed by atoms with Gasteiger partial charge >= 0.3 is 0 Å². The minimum Gasteiger partial charge on any atom is -0.379 e. The summed E-state index contributed by atoms with van der Waals surface area (Å²) in [7, 11) is -2.64. The molecule has 4 aromatic rings. The van der Waals surface area contributed by atoms with Gasteiger partial charge in [-0.05, 0) is 76.1 Å². The predicted molar refractivity (Wildman–Crippen MR) is 163 cm³/mol. The van der Waals surface area contributed by atoms with Gasteiger partial charge in [-0.3, -0.25) is 0 Å². The number of rotatable bonds is 4. The lowest BCUT2D eigenvalue weighted by molar-refractivity contribution is 0.0744. The zero-order valence-corrected chi connectivity index (χ0v) is 24.3. The number of nitrogens with zero attached hydrogens (tertiary/aromatic N) is 5. The molecule has 0 N–H and O–H groups in total. The minimum atomic E-state index is -2.64. The highest BCUT2D eigenvalue weighted by molar-refractivity contribution is 7.73. The highest BCUT2D eigenvalue weighted by Gasteiger charge is 2.45. The molecule has 7 heteroatoms. The summed E-state index contributed by atoms with van der Waals surface area (Å²) < 4.78 is 18.9. The highest BCUT2D eigenvalue weighted by atomic mass is 31.2. The van der Waals surface area contributed by atoms with E-state index in [4.69, 9.17) is 14.6 Å². The van der Waals surface area contributed by atoms with Crippen LogP contribution in [0.5, 0.6) is 0 Å². The number of hydrogen-bond donors (Lipinski definition) is 0. The molecule has 39 heavy (non-hydrogen) atoms. The molecule has 0 unspecified atom stereocenters. The van der Waals surface area contributed by atoms with Crippen LogP contribution in [0.25, 0.3) is 5.69 Å². The maximum Gasteiger partial charge on any atom is 0.179 e. The van der Waals surface area contributed by atoms with E-state index in [2.05, 4.69) is 121 Å². The molecular formula is C32H36N5OP. The van der Waals surface area contributed by atoms with E-state index < -0.39 is 7.36 Å². The molecule has 1 aromatic heterocycles. The molecule has 2 aliphatic rings. The third-order valence-corrected chi connectivity index (χ3v) is 11.7. The first-order valence-electron chi connectivity index (χ1n) is 13.6. The lowest BCUT2D eigenvalue weighted by Gasteiger charge is -2.45. The van der Waals surface area contributed by atoms with Crippen LogP contribution in [0.15, 0.2) is 82.6 Å². The van der Waals surface area contributed by atoms with Gasteiger partial charge in [0.25, 0.3) is 0 Å². The maximum atomic E-state index is 5.87. The van der Waals surface area contributed by atoms with Gasteiger partial charge in [0.05, 0.1) is 36.1 Å². The molecule has 3 heterocycles. The lowest BCUT2D eigenvalue weighted by Crippen LogP contribution is -2.44. The number of ether oxygens (including phenoxy) is 1. The Labute approximate surface area is 231 Å². The summed E-state index contributed by atoms with van der Waals surface area (Å²) in [6.45, 7) is 13.9. The summed E-state index contributed by atoms with van der Waals surface area (Å²) >= 11 is 0. The van der Waals surface area contributed by atoms with Crippen LogP contribution in [0.4, 0.5) is 11.4 Å². The van der Waals surface area contributed by atoms with Gasteiger partial charge in [-0.1, -0.05) is 48.0 Å². The number of hydrazone groups is 1. The van der Waals surface area contributed by atoms with Crippen molar-refractivity contribution in [3.05, 3.63) is 106 Å². The second-order valence-electron chi connectivity index (χ2n) is 10.4. The van der Waals surface area contributed by atoms with E-state index in [0.717, 1.165) is 30.2 Å². The Kier molecular flexibility index (Phi) is 6.80. The molecule has 0 amide bonds. The molecular weight excluding hydrogens is 501 g/mol. The Morgan fingerprint density at radius 3 is 2.21 bits per heavy atom. The Balaban J connectivity index is 1.73. The summed E-state index contributed by atoms with van der Waals surface area (Å²) in [4.78, 5) is 0. The molecule has 1 saturated heterocycles. The van der Waals surface area contributed by atoms with Crippen molar-refractivity contribution >= 4 is 30.2 Å². The van der Waals surface area contributed by atoms with Crippen molar-refractivity contribution in [2.24, 2.45) is 9.85 Å². The largest absolute Gasteiger partial charge is 0.379 e. The second kappa shape index (κ2) is 10.3. The lowest BCUT2D eigenvalue weighted by atomic mass is 10.1. The molecule has 6 rings (SSSR count). The van der Waals surface area contributed by atoms with E-state index in [-0.39, 0.29) is 0 Å². The number of aromatic nitrogens is 1. The van der Waals surface area contributed by atoms with E-state index in [0.29, 0.717) is 13.2 Å². The van der Waals surface area contributed by atoms with Gasteiger partial charge < -0.3 is 9.30 Å². The van der Waals surface area contributed by atoms with Gasteiger partial charge in [-0.2, -0.15) is 5.10 Å². The van der Waals surface area contributed by atoms with Crippen LogP contribution in [-0.2, 0) is 4.74 Å². The van der Waals surface area contributed by atoms with Crippen LogP contribution in [0.1, 0.15) is 33.6 Å². The number of fused-ring (bicyclic) bond motifs is 1. The molecule has 200 valence electrons. The first kappa shape index (κ1) is 25.8. The summed E-state index contributed by atoms with van der Waals surface area (Å²) in [6.07, 6.45) is 2.05. The molecule has 0 spiro atoms. The van der Waals surface area contributed by atoms with Gasteiger partial charge in [0.1, 0.15) is 0 Å². The first-order valence-corrected chi connectivity index (χ1v) is 15.3. The molecule has 0 radical (unpaired) electrons. The van der Waals surface area contributed by atoms with Crippen molar-refractivity contribution in [1.29, 1.82) is 0 Å². The van der Waals surface area contributed by atoms with Crippen molar-refractivity contribution < 1.29 is 4.74 Å². The fourth-order valence-corrected chi connectivity index (χ4v) is 9.76. The average Bonchev–Trinajstić information content (AvgIpc) is 3.22. The Hall–Kier alpha value is -3.44. The van der Waals surface area contributed by atoms with Crippen LogP contribution < -0.4 is 10.1 Å². The second-order valence-corrected chi connectivity index (χ2v) is 13.2. The van der Waals surface area contributed by atoms with E-state index >= 15 is 0 Å². The molecule has 0 aliphatic carbocycles. The van der Waals surface area contributed by atoms with Crippen LogP contribution in [0.2, 0.25) is 0 Å². The van der Waals surface area contributed by atoms with Crippen molar-refractivity contribution in [1.82, 2.24) is 9.24 Å². The molecule has 0 bridgehead atoms. The Bertz CT molecular complexity index is 1600. The van der Waals surface area contributed by atoms with Crippen LogP contribution in [0, 0.1) is 34.6 Å². The molecule has 1 fully saturated rings. The van der Waals surface area contributed by atoms with E-state index in [1.807, 2.05) is 6.21 Å².